The number of aromatic nitrogens is 1. The lowest BCUT2D eigenvalue weighted by molar-refractivity contribution is 0.275. The predicted octanol–water partition coefficient (Wildman–Crippen LogP) is 3.19. The molecule has 0 aliphatic rings. The molecule has 19 heavy (non-hydrogen) atoms. The van der Waals surface area contributed by atoms with Gasteiger partial charge in [0, 0.05) is 24.4 Å². The van der Waals surface area contributed by atoms with Crippen molar-refractivity contribution in [3.8, 4) is 0 Å². The smallest absolute Gasteiger partial charge is 0.0419 e. The second-order valence-electron chi connectivity index (χ2n) is 5.17. The van der Waals surface area contributed by atoms with Crippen LogP contribution in [0.1, 0.15) is 17.7 Å². The Labute approximate surface area is 116 Å². The van der Waals surface area contributed by atoms with E-state index in [1.54, 1.807) is 0 Å². The average Bonchev–Trinajstić information content (AvgIpc) is 2.45. The minimum atomic E-state index is 0.537. The van der Waals surface area contributed by atoms with E-state index in [1.807, 2.05) is 12.3 Å². The Kier molecular flexibility index (Phi) is 5.10. The first-order valence-electron chi connectivity index (χ1n) is 6.86. The van der Waals surface area contributed by atoms with E-state index in [0.29, 0.717) is 6.04 Å². The molecule has 100 valence electrons. The second-order valence-corrected chi connectivity index (χ2v) is 5.17. The van der Waals surface area contributed by atoms with Gasteiger partial charge in [0.05, 0.1) is 0 Å². The molecule has 1 heterocycles. The number of nitrogens with zero attached hydrogens (tertiary/aromatic N) is 2. The van der Waals surface area contributed by atoms with Crippen LogP contribution in [0.3, 0.4) is 0 Å². The Morgan fingerprint density at radius 3 is 2.37 bits per heavy atom. The highest BCUT2D eigenvalue weighted by Gasteiger charge is 2.12. The third-order valence-electron chi connectivity index (χ3n) is 3.51. The molecule has 2 aromatic rings. The van der Waals surface area contributed by atoms with Crippen LogP contribution in [0.4, 0.5) is 0 Å². The summed E-state index contributed by atoms with van der Waals surface area (Å²) >= 11 is 0. The third kappa shape index (κ3) is 4.49. The van der Waals surface area contributed by atoms with Crippen LogP contribution in [-0.2, 0) is 12.8 Å². The zero-order valence-electron chi connectivity index (χ0n) is 11.8. The van der Waals surface area contributed by atoms with Crippen molar-refractivity contribution in [2.45, 2.75) is 25.3 Å². The first kappa shape index (κ1) is 13.8. The molecule has 1 aromatic carbocycles. The summed E-state index contributed by atoms with van der Waals surface area (Å²) in [7, 11) is 4.30. The van der Waals surface area contributed by atoms with E-state index in [-0.39, 0.29) is 0 Å². The van der Waals surface area contributed by atoms with Gasteiger partial charge < -0.3 is 4.90 Å². The maximum Gasteiger partial charge on any atom is 0.0419 e. The van der Waals surface area contributed by atoms with Crippen molar-refractivity contribution in [3.63, 3.8) is 0 Å². The van der Waals surface area contributed by atoms with Crippen LogP contribution in [0.5, 0.6) is 0 Å². The number of hydrogen-bond donors (Lipinski definition) is 0. The maximum atomic E-state index is 4.43. The molecule has 0 amide bonds. The fourth-order valence-corrected chi connectivity index (χ4v) is 2.28. The minimum Gasteiger partial charge on any atom is -0.306 e. The highest BCUT2D eigenvalue weighted by molar-refractivity contribution is 5.15. The molecule has 0 aliphatic carbocycles. The van der Waals surface area contributed by atoms with Crippen molar-refractivity contribution in [3.05, 3.63) is 66.0 Å². The Balaban J connectivity index is 1.93. The Morgan fingerprint density at radius 1 is 1.00 bits per heavy atom. The lowest BCUT2D eigenvalue weighted by atomic mass is 10.0. The monoisotopic (exact) mass is 254 g/mol. The van der Waals surface area contributed by atoms with E-state index >= 15 is 0 Å². The molecule has 1 unspecified atom stereocenters. The van der Waals surface area contributed by atoms with Crippen LogP contribution in [0.25, 0.3) is 0 Å². The zero-order valence-corrected chi connectivity index (χ0v) is 11.8. The lowest BCUT2D eigenvalue weighted by Crippen LogP contribution is -2.30. The number of rotatable bonds is 6. The van der Waals surface area contributed by atoms with Gasteiger partial charge in [-0.2, -0.15) is 0 Å². The van der Waals surface area contributed by atoms with E-state index in [1.165, 1.54) is 11.3 Å². The van der Waals surface area contributed by atoms with E-state index in [9.17, 15) is 0 Å². The summed E-state index contributed by atoms with van der Waals surface area (Å²) in [5, 5.41) is 0. The molecule has 0 spiro atoms. The van der Waals surface area contributed by atoms with Crippen molar-refractivity contribution < 1.29 is 0 Å². The van der Waals surface area contributed by atoms with Crippen LogP contribution >= 0.6 is 0 Å². The number of likely N-dealkylation sites (N-methyl/N-ethyl adjacent to an activating group) is 1. The Bertz CT molecular complexity index is 465. The number of aryl methyl sites for hydroxylation is 1. The lowest BCUT2D eigenvalue weighted by Gasteiger charge is -2.24. The molecule has 1 atom stereocenters. The van der Waals surface area contributed by atoms with Gasteiger partial charge in [-0.15, -0.1) is 0 Å². The summed E-state index contributed by atoms with van der Waals surface area (Å²) in [6, 6.07) is 17.4. The van der Waals surface area contributed by atoms with Crippen molar-refractivity contribution in [2.24, 2.45) is 0 Å². The molecule has 2 rings (SSSR count). The van der Waals surface area contributed by atoms with Crippen LogP contribution < -0.4 is 0 Å². The van der Waals surface area contributed by atoms with Crippen LogP contribution in [0, 0.1) is 0 Å². The largest absolute Gasteiger partial charge is 0.306 e. The van der Waals surface area contributed by atoms with Gasteiger partial charge in [-0.1, -0.05) is 36.4 Å². The topological polar surface area (TPSA) is 16.1 Å². The highest BCUT2D eigenvalue weighted by Crippen LogP contribution is 2.12. The molecule has 2 heteroatoms. The second kappa shape index (κ2) is 7.05. The molecule has 0 bridgehead atoms. The fourth-order valence-electron chi connectivity index (χ4n) is 2.28. The van der Waals surface area contributed by atoms with Gasteiger partial charge in [0.1, 0.15) is 0 Å². The van der Waals surface area contributed by atoms with Crippen molar-refractivity contribution in [1.29, 1.82) is 0 Å². The number of benzene rings is 1. The standard InChI is InChI=1S/C17H22N2/c1-19(2)17(14-16-10-6-7-13-18-16)12-11-15-8-4-3-5-9-15/h3-10,13,17H,11-12,14H2,1-2H3. The van der Waals surface area contributed by atoms with Crippen LogP contribution in [0.15, 0.2) is 54.7 Å². The van der Waals surface area contributed by atoms with Crippen molar-refractivity contribution >= 4 is 0 Å². The molecule has 2 nitrogen and oxygen atoms in total. The van der Waals surface area contributed by atoms with Gasteiger partial charge >= 0.3 is 0 Å². The molecule has 0 saturated carbocycles. The first-order chi connectivity index (χ1) is 9.25. The summed E-state index contributed by atoms with van der Waals surface area (Å²) in [6.07, 6.45) is 5.17. The Hall–Kier alpha value is -1.67. The minimum absolute atomic E-state index is 0.537. The molecule has 1 aromatic heterocycles. The molecular weight excluding hydrogens is 232 g/mol. The van der Waals surface area contributed by atoms with E-state index in [2.05, 4.69) is 66.4 Å². The number of hydrogen-bond acceptors (Lipinski definition) is 2. The van der Waals surface area contributed by atoms with Crippen molar-refractivity contribution in [2.75, 3.05) is 14.1 Å². The first-order valence-corrected chi connectivity index (χ1v) is 6.86. The molecule has 0 radical (unpaired) electrons. The third-order valence-corrected chi connectivity index (χ3v) is 3.51. The van der Waals surface area contributed by atoms with Gasteiger partial charge in [0.15, 0.2) is 0 Å². The summed E-state index contributed by atoms with van der Waals surface area (Å²) < 4.78 is 0. The molecule has 0 saturated heterocycles. The van der Waals surface area contributed by atoms with Gasteiger partial charge in [-0.05, 0) is 44.6 Å². The van der Waals surface area contributed by atoms with Crippen molar-refractivity contribution in [1.82, 2.24) is 9.88 Å². The van der Waals surface area contributed by atoms with Crippen LogP contribution in [0.2, 0.25) is 0 Å². The quantitative estimate of drug-likeness (QED) is 0.787. The molecular formula is C17H22N2. The normalized spacial score (nSPS) is 12.6. The summed E-state index contributed by atoms with van der Waals surface area (Å²) in [5.41, 5.74) is 2.59. The predicted molar refractivity (Wildman–Crippen MR) is 80.2 cm³/mol. The molecule has 0 aliphatic heterocycles. The number of pyridine rings is 1. The SMILES string of the molecule is CN(C)C(CCc1ccccc1)Cc1ccccn1. The van der Waals surface area contributed by atoms with Gasteiger partial charge in [-0.25, -0.2) is 0 Å². The highest BCUT2D eigenvalue weighted by atomic mass is 15.1. The van der Waals surface area contributed by atoms with Gasteiger partial charge in [0.2, 0.25) is 0 Å². The summed E-state index contributed by atoms with van der Waals surface area (Å²) in [4.78, 5) is 6.73. The molecule has 0 N–H and O–H groups in total. The summed E-state index contributed by atoms with van der Waals surface area (Å²) in [6.45, 7) is 0. The van der Waals surface area contributed by atoms with E-state index < -0.39 is 0 Å². The zero-order chi connectivity index (χ0) is 13.5. The van der Waals surface area contributed by atoms with Gasteiger partial charge in [0.25, 0.3) is 0 Å². The maximum absolute atomic E-state index is 4.43. The van der Waals surface area contributed by atoms with Crippen LogP contribution in [-0.4, -0.2) is 30.0 Å². The van der Waals surface area contributed by atoms with E-state index in [0.717, 1.165) is 19.3 Å². The fraction of sp³-hybridized carbons (Fsp3) is 0.353. The molecule has 0 fully saturated rings. The summed E-state index contributed by atoms with van der Waals surface area (Å²) in [5.74, 6) is 0. The Morgan fingerprint density at radius 2 is 1.74 bits per heavy atom. The average molecular weight is 254 g/mol. The van der Waals surface area contributed by atoms with Gasteiger partial charge in [-0.3, -0.25) is 4.98 Å². The van der Waals surface area contributed by atoms with E-state index in [4.69, 9.17) is 0 Å².